The van der Waals surface area contributed by atoms with Crippen LogP contribution in [0.15, 0.2) is 29.3 Å². The number of hydrogen-bond donors (Lipinski definition) is 2. The van der Waals surface area contributed by atoms with Crippen LogP contribution in [0.4, 0.5) is 0 Å². The molecule has 1 aromatic rings. The highest BCUT2D eigenvalue weighted by atomic mass is 16.2. The summed E-state index contributed by atoms with van der Waals surface area (Å²) in [4.78, 5) is 18.2. The normalized spacial score (nSPS) is 15.0. The van der Waals surface area contributed by atoms with Crippen LogP contribution in [-0.4, -0.2) is 42.9 Å². The first kappa shape index (κ1) is 18.3. The van der Waals surface area contributed by atoms with Gasteiger partial charge in [-0.3, -0.25) is 4.79 Å². The zero-order valence-electron chi connectivity index (χ0n) is 15.0. The first-order chi connectivity index (χ1) is 11.7. The minimum atomic E-state index is 0.298. The van der Waals surface area contributed by atoms with Crippen molar-refractivity contribution in [3.8, 4) is 0 Å². The molecule has 0 saturated carbocycles. The molecule has 1 heterocycles. The van der Waals surface area contributed by atoms with Crippen molar-refractivity contribution in [2.75, 3.05) is 26.2 Å². The second-order valence-corrected chi connectivity index (χ2v) is 6.08. The van der Waals surface area contributed by atoms with Gasteiger partial charge in [0.2, 0.25) is 5.91 Å². The average molecular weight is 330 g/mol. The maximum absolute atomic E-state index is 11.6. The molecule has 0 bridgehead atoms. The van der Waals surface area contributed by atoms with Crippen molar-refractivity contribution in [3.05, 3.63) is 35.4 Å². The van der Waals surface area contributed by atoms with Gasteiger partial charge in [0.05, 0.1) is 6.54 Å². The van der Waals surface area contributed by atoms with Gasteiger partial charge < -0.3 is 15.5 Å². The minimum absolute atomic E-state index is 0.298. The van der Waals surface area contributed by atoms with E-state index in [4.69, 9.17) is 4.99 Å². The molecule has 1 aliphatic heterocycles. The van der Waals surface area contributed by atoms with Gasteiger partial charge in [-0.1, -0.05) is 31.2 Å². The van der Waals surface area contributed by atoms with E-state index in [1.54, 1.807) is 0 Å². The Labute approximate surface area is 145 Å². The largest absolute Gasteiger partial charge is 0.357 e. The molecule has 5 heteroatoms. The summed E-state index contributed by atoms with van der Waals surface area (Å²) in [6.45, 7) is 8.34. The molecular weight excluding hydrogens is 300 g/mol. The van der Waals surface area contributed by atoms with Crippen molar-refractivity contribution in [3.63, 3.8) is 0 Å². The van der Waals surface area contributed by atoms with Crippen molar-refractivity contribution < 1.29 is 4.79 Å². The first-order valence-electron chi connectivity index (χ1n) is 9.11. The lowest BCUT2D eigenvalue weighted by atomic mass is 10.1. The highest BCUT2D eigenvalue weighted by Gasteiger charge is 2.18. The van der Waals surface area contributed by atoms with Gasteiger partial charge in [0, 0.05) is 32.6 Å². The third-order valence-electron chi connectivity index (χ3n) is 4.32. The second-order valence-electron chi connectivity index (χ2n) is 6.08. The molecule has 5 nitrogen and oxygen atoms in total. The van der Waals surface area contributed by atoms with E-state index in [-0.39, 0.29) is 0 Å². The Balaban J connectivity index is 1.80. The maximum Gasteiger partial charge on any atom is 0.222 e. The van der Waals surface area contributed by atoms with E-state index in [1.165, 1.54) is 11.1 Å². The monoisotopic (exact) mass is 330 g/mol. The summed E-state index contributed by atoms with van der Waals surface area (Å²) in [5, 5.41) is 6.65. The number of amides is 1. The smallest absolute Gasteiger partial charge is 0.222 e. The third-order valence-corrected chi connectivity index (χ3v) is 4.32. The lowest BCUT2D eigenvalue weighted by molar-refractivity contribution is -0.127. The second kappa shape index (κ2) is 9.96. The van der Waals surface area contributed by atoms with Crippen molar-refractivity contribution in [2.45, 2.75) is 46.1 Å². The van der Waals surface area contributed by atoms with Gasteiger partial charge in [-0.2, -0.15) is 0 Å². The highest BCUT2D eigenvalue weighted by molar-refractivity contribution is 5.79. The van der Waals surface area contributed by atoms with Gasteiger partial charge in [0.1, 0.15) is 0 Å². The van der Waals surface area contributed by atoms with Crippen LogP contribution in [0.3, 0.4) is 0 Å². The Kier molecular flexibility index (Phi) is 7.59. The summed E-state index contributed by atoms with van der Waals surface area (Å²) in [6, 6.07) is 8.45. The van der Waals surface area contributed by atoms with Gasteiger partial charge in [0.25, 0.3) is 0 Å². The molecule has 0 aromatic heterocycles. The summed E-state index contributed by atoms with van der Waals surface area (Å²) >= 11 is 0. The summed E-state index contributed by atoms with van der Waals surface area (Å²) in [5.41, 5.74) is 2.63. The molecule has 0 spiro atoms. The van der Waals surface area contributed by atoms with Gasteiger partial charge in [-0.25, -0.2) is 4.99 Å². The quantitative estimate of drug-likeness (QED) is 0.437. The molecule has 132 valence electrons. The lowest BCUT2D eigenvalue weighted by Gasteiger charge is -2.16. The first-order valence-corrected chi connectivity index (χ1v) is 9.11. The van der Waals surface area contributed by atoms with E-state index in [0.29, 0.717) is 18.9 Å². The molecule has 0 radical (unpaired) electrons. The standard InChI is InChI=1S/C19H30N4O/c1-3-16-9-5-6-10-17(16)15-22-19(20-4-2)21-12-8-14-23-13-7-11-18(23)24/h5-6,9-10H,3-4,7-8,11-15H2,1-2H3,(H2,20,21,22). The van der Waals surface area contributed by atoms with Crippen molar-refractivity contribution in [1.82, 2.24) is 15.5 Å². The van der Waals surface area contributed by atoms with Gasteiger partial charge in [-0.15, -0.1) is 0 Å². The zero-order chi connectivity index (χ0) is 17.2. The molecule has 1 fully saturated rings. The molecule has 0 unspecified atom stereocenters. The Hall–Kier alpha value is -2.04. The van der Waals surface area contributed by atoms with E-state index < -0.39 is 0 Å². The molecular formula is C19H30N4O. The van der Waals surface area contributed by atoms with E-state index in [0.717, 1.165) is 51.4 Å². The SMILES string of the molecule is CCNC(=NCc1ccccc1CC)NCCCN1CCCC1=O. The van der Waals surface area contributed by atoms with Crippen LogP contribution in [0, 0.1) is 0 Å². The number of rotatable bonds is 8. The fraction of sp³-hybridized carbons (Fsp3) is 0.579. The van der Waals surface area contributed by atoms with E-state index >= 15 is 0 Å². The Morgan fingerprint density at radius 2 is 2.00 bits per heavy atom. The predicted octanol–water partition coefficient (Wildman–Crippen LogP) is 2.32. The van der Waals surface area contributed by atoms with Crippen molar-refractivity contribution >= 4 is 11.9 Å². The van der Waals surface area contributed by atoms with E-state index in [9.17, 15) is 4.79 Å². The molecule has 0 atom stereocenters. The summed E-state index contributed by atoms with van der Waals surface area (Å²) in [5.74, 6) is 1.14. The van der Waals surface area contributed by atoms with Crippen LogP contribution < -0.4 is 10.6 Å². The minimum Gasteiger partial charge on any atom is -0.357 e. The van der Waals surface area contributed by atoms with Crippen molar-refractivity contribution in [1.29, 1.82) is 0 Å². The van der Waals surface area contributed by atoms with E-state index in [2.05, 4.69) is 48.7 Å². The number of carbonyl (C=O) groups excluding carboxylic acids is 1. The van der Waals surface area contributed by atoms with Crippen LogP contribution in [0.25, 0.3) is 0 Å². The predicted molar refractivity (Wildman–Crippen MR) is 99.1 cm³/mol. The number of aliphatic imine (C=N–C) groups is 1. The molecule has 24 heavy (non-hydrogen) atoms. The lowest BCUT2D eigenvalue weighted by Crippen LogP contribution is -2.39. The number of carbonyl (C=O) groups is 1. The van der Waals surface area contributed by atoms with E-state index in [1.807, 2.05) is 4.90 Å². The number of nitrogens with zero attached hydrogens (tertiary/aromatic N) is 2. The zero-order valence-corrected chi connectivity index (χ0v) is 15.0. The summed E-state index contributed by atoms with van der Waals surface area (Å²) in [6.07, 6.45) is 3.70. The van der Waals surface area contributed by atoms with Crippen LogP contribution in [-0.2, 0) is 17.8 Å². The van der Waals surface area contributed by atoms with Gasteiger partial charge in [-0.05, 0) is 37.3 Å². The Morgan fingerprint density at radius 3 is 2.67 bits per heavy atom. The molecule has 1 aliphatic rings. The van der Waals surface area contributed by atoms with Crippen molar-refractivity contribution in [2.24, 2.45) is 4.99 Å². The number of aryl methyl sites for hydroxylation is 1. The Morgan fingerprint density at radius 1 is 1.21 bits per heavy atom. The number of guanidine groups is 1. The average Bonchev–Trinajstić information content (AvgIpc) is 3.01. The van der Waals surface area contributed by atoms with Crippen LogP contribution in [0.5, 0.6) is 0 Å². The molecule has 2 rings (SSSR count). The number of benzene rings is 1. The molecule has 1 saturated heterocycles. The third kappa shape index (κ3) is 5.55. The Bertz CT molecular complexity index is 556. The topological polar surface area (TPSA) is 56.7 Å². The maximum atomic E-state index is 11.6. The van der Waals surface area contributed by atoms with Crippen LogP contribution >= 0.6 is 0 Å². The summed E-state index contributed by atoms with van der Waals surface area (Å²) < 4.78 is 0. The van der Waals surface area contributed by atoms with Crippen LogP contribution in [0.1, 0.15) is 44.2 Å². The highest BCUT2D eigenvalue weighted by Crippen LogP contribution is 2.11. The fourth-order valence-corrected chi connectivity index (χ4v) is 2.98. The number of nitrogens with one attached hydrogen (secondary N) is 2. The fourth-order valence-electron chi connectivity index (χ4n) is 2.98. The summed E-state index contributed by atoms with van der Waals surface area (Å²) in [7, 11) is 0. The van der Waals surface area contributed by atoms with Gasteiger partial charge >= 0.3 is 0 Å². The number of hydrogen-bond acceptors (Lipinski definition) is 2. The number of likely N-dealkylation sites (tertiary alicyclic amines) is 1. The van der Waals surface area contributed by atoms with Crippen LogP contribution in [0.2, 0.25) is 0 Å². The van der Waals surface area contributed by atoms with Gasteiger partial charge in [0.15, 0.2) is 5.96 Å². The molecule has 0 aliphatic carbocycles. The molecule has 1 aromatic carbocycles. The molecule has 1 amide bonds. The molecule has 2 N–H and O–H groups in total.